The van der Waals surface area contributed by atoms with Crippen LogP contribution in [-0.4, -0.2) is 35.1 Å². The van der Waals surface area contributed by atoms with Gasteiger partial charge in [0, 0.05) is 12.6 Å². The lowest BCUT2D eigenvalue weighted by Gasteiger charge is -2.21. The summed E-state index contributed by atoms with van der Waals surface area (Å²) in [6.45, 7) is 2.88. The Labute approximate surface area is 107 Å². The van der Waals surface area contributed by atoms with Crippen LogP contribution in [0.3, 0.4) is 0 Å². The maximum absolute atomic E-state index is 5.13. The lowest BCUT2D eigenvalue weighted by molar-refractivity contribution is 0.395. The first kappa shape index (κ1) is 12.5. The standard InChI is InChI=1S/C12H19N3OS/c1-9-14-11(7-12(15-9)16-2)13-8-10-3-5-17-6-4-10/h7,10H,3-6,8H2,1-2H3,(H,13,14,15). The number of methoxy groups -OCH3 is 1. The molecule has 1 aliphatic heterocycles. The maximum Gasteiger partial charge on any atom is 0.218 e. The highest BCUT2D eigenvalue weighted by atomic mass is 32.2. The van der Waals surface area contributed by atoms with E-state index < -0.39 is 0 Å². The molecule has 4 nitrogen and oxygen atoms in total. The summed E-state index contributed by atoms with van der Waals surface area (Å²) in [6, 6.07) is 1.85. The average Bonchev–Trinajstić information content (AvgIpc) is 2.37. The number of ether oxygens (including phenoxy) is 1. The first-order valence-corrected chi connectivity index (χ1v) is 7.14. The molecule has 94 valence electrons. The molecule has 0 unspecified atom stereocenters. The van der Waals surface area contributed by atoms with Crippen LogP contribution in [-0.2, 0) is 0 Å². The Bertz CT molecular complexity index is 367. The van der Waals surface area contributed by atoms with Crippen LogP contribution >= 0.6 is 11.8 Å². The molecule has 2 rings (SSSR count). The first-order chi connectivity index (χ1) is 8.28. The number of aromatic nitrogens is 2. The van der Waals surface area contributed by atoms with Crippen molar-refractivity contribution in [3.63, 3.8) is 0 Å². The predicted molar refractivity (Wildman–Crippen MR) is 71.9 cm³/mol. The van der Waals surface area contributed by atoms with Crippen molar-refractivity contribution in [2.45, 2.75) is 19.8 Å². The SMILES string of the molecule is COc1cc(NCC2CCSCC2)nc(C)n1. The van der Waals surface area contributed by atoms with Crippen molar-refractivity contribution in [1.82, 2.24) is 9.97 Å². The summed E-state index contributed by atoms with van der Waals surface area (Å²) in [4.78, 5) is 8.53. The molecule has 0 atom stereocenters. The van der Waals surface area contributed by atoms with Crippen LogP contribution in [0.15, 0.2) is 6.07 Å². The van der Waals surface area contributed by atoms with E-state index in [2.05, 4.69) is 27.0 Å². The molecule has 1 fully saturated rings. The van der Waals surface area contributed by atoms with E-state index >= 15 is 0 Å². The van der Waals surface area contributed by atoms with Crippen LogP contribution in [0, 0.1) is 12.8 Å². The van der Waals surface area contributed by atoms with Crippen LogP contribution in [0.5, 0.6) is 5.88 Å². The van der Waals surface area contributed by atoms with Crippen LogP contribution in [0.2, 0.25) is 0 Å². The van der Waals surface area contributed by atoms with Crippen LogP contribution in [0.4, 0.5) is 5.82 Å². The topological polar surface area (TPSA) is 47.0 Å². The fraction of sp³-hybridized carbons (Fsp3) is 0.667. The minimum Gasteiger partial charge on any atom is -0.481 e. The fourth-order valence-electron chi connectivity index (χ4n) is 1.93. The lowest BCUT2D eigenvalue weighted by Crippen LogP contribution is -2.19. The van der Waals surface area contributed by atoms with Gasteiger partial charge in [-0.1, -0.05) is 0 Å². The monoisotopic (exact) mass is 253 g/mol. The Balaban J connectivity index is 1.91. The van der Waals surface area contributed by atoms with Gasteiger partial charge in [-0.25, -0.2) is 4.98 Å². The largest absolute Gasteiger partial charge is 0.481 e. The summed E-state index contributed by atoms with van der Waals surface area (Å²) >= 11 is 2.06. The summed E-state index contributed by atoms with van der Waals surface area (Å²) in [5.41, 5.74) is 0. The molecule has 2 heterocycles. The van der Waals surface area contributed by atoms with Crippen molar-refractivity contribution in [2.75, 3.05) is 30.5 Å². The molecule has 17 heavy (non-hydrogen) atoms. The second-order valence-corrected chi connectivity index (χ2v) is 5.50. The molecule has 0 aliphatic carbocycles. The van der Waals surface area contributed by atoms with Gasteiger partial charge in [0.25, 0.3) is 0 Å². The van der Waals surface area contributed by atoms with Crippen molar-refractivity contribution >= 4 is 17.6 Å². The Morgan fingerprint density at radius 2 is 2.18 bits per heavy atom. The van der Waals surface area contributed by atoms with Gasteiger partial charge in [0.2, 0.25) is 5.88 Å². The Kier molecular flexibility index (Phi) is 4.48. The fourth-order valence-corrected chi connectivity index (χ4v) is 3.14. The zero-order valence-electron chi connectivity index (χ0n) is 10.4. The Morgan fingerprint density at radius 1 is 1.41 bits per heavy atom. The zero-order chi connectivity index (χ0) is 12.1. The van der Waals surface area contributed by atoms with E-state index in [1.807, 2.05) is 13.0 Å². The summed E-state index contributed by atoms with van der Waals surface area (Å²) < 4.78 is 5.13. The maximum atomic E-state index is 5.13. The molecule has 0 bridgehead atoms. The first-order valence-electron chi connectivity index (χ1n) is 5.99. The molecule has 0 saturated carbocycles. The third-order valence-corrected chi connectivity index (χ3v) is 3.99. The number of rotatable bonds is 4. The summed E-state index contributed by atoms with van der Waals surface area (Å²) in [7, 11) is 1.63. The Hall–Kier alpha value is -0.970. The average molecular weight is 253 g/mol. The third-order valence-electron chi connectivity index (χ3n) is 2.94. The van der Waals surface area contributed by atoms with E-state index in [1.165, 1.54) is 24.3 Å². The molecule has 0 amide bonds. The van der Waals surface area contributed by atoms with Crippen molar-refractivity contribution < 1.29 is 4.74 Å². The highest BCUT2D eigenvalue weighted by molar-refractivity contribution is 7.99. The van der Waals surface area contributed by atoms with Gasteiger partial charge < -0.3 is 10.1 Å². The molecule has 5 heteroatoms. The molecule has 1 saturated heterocycles. The van der Waals surface area contributed by atoms with Gasteiger partial charge in [0.1, 0.15) is 11.6 Å². The summed E-state index contributed by atoms with van der Waals surface area (Å²) in [6.07, 6.45) is 2.61. The van der Waals surface area contributed by atoms with Crippen LogP contribution < -0.4 is 10.1 Å². The van der Waals surface area contributed by atoms with Gasteiger partial charge in [-0.15, -0.1) is 0 Å². The highest BCUT2D eigenvalue weighted by Crippen LogP contribution is 2.23. The van der Waals surface area contributed by atoms with Crippen molar-refractivity contribution in [3.05, 3.63) is 11.9 Å². The second kappa shape index (κ2) is 6.10. The predicted octanol–water partition coefficient (Wildman–Crippen LogP) is 2.35. The molecule has 1 aromatic rings. The van der Waals surface area contributed by atoms with Gasteiger partial charge in [-0.2, -0.15) is 16.7 Å². The number of hydrogen-bond donors (Lipinski definition) is 1. The highest BCUT2D eigenvalue weighted by Gasteiger charge is 2.13. The Morgan fingerprint density at radius 3 is 2.88 bits per heavy atom. The van der Waals surface area contributed by atoms with Gasteiger partial charge in [0.15, 0.2) is 0 Å². The van der Waals surface area contributed by atoms with E-state index in [0.29, 0.717) is 5.88 Å². The number of nitrogens with one attached hydrogen (secondary N) is 1. The van der Waals surface area contributed by atoms with E-state index in [9.17, 15) is 0 Å². The van der Waals surface area contributed by atoms with Crippen LogP contribution in [0.25, 0.3) is 0 Å². The molecular weight excluding hydrogens is 234 g/mol. The molecule has 1 aromatic heterocycles. The molecule has 0 radical (unpaired) electrons. The lowest BCUT2D eigenvalue weighted by atomic mass is 10.0. The summed E-state index contributed by atoms with van der Waals surface area (Å²) in [5, 5.41) is 3.39. The van der Waals surface area contributed by atoms with Gasteiger partial charge >= 0.3 is 0 Å². The number of anilines is 1. The van der Waals surface area contributed by atoms with Crippen molar-refractivity contribution in [2.24, 2.45) is 5.92 Å². The van der Waals surface area contributed by atoms with Gasteiger partial charge in [-0.3, -0.25) is 0 Å². The minimum absolute atomic E-state index is 0.624. The van der Waals surface area contributed by atoms with E-state index in [-0.39, 0.29) is 0 Å². The zero-order valence-corrected chi connectivity index (χ0v) is 11.2. The van der Waals surface area contributed by atoms with Crippen molar-refractivity contribution in [3.8, 4) is 5.88 Å². The van der Waals surface area contributed by atoms with Gasteiger partial charge in [0.05, 0.1) is 7.11 Å². The van der Waals surface area contributed by atoms with E-state index in [1.54, 1.807) is 7.11 Å². The normalized spacial score (nSPS) is 16.8. The molecular formula is C12H19N3OS. The smallest absolute Gasteiger partial charge is 0.218 e. The van der Waals surface area contributed by atoms with Crippen LogP contribution in [0.1, 0.15) is 18.7 Å². The van der Waals surface area contributed by atoms with E-state index in [4.69, 9.17) is 4.74 Å². The van der Waals surface area contributed by atoms with Gasteiger partial charge in [-0.05, 0) is 37.2 Å². The van der Waals surface area contributed by atoms with Crippen molar-refractivity contribution in [1.29, 1.82) is 0 Å². The molecule has 0 aromatic carbocycles. The molecule has 1 N–H and O–H groups in total. The third kappa shape index (κ3) is 3.77. The molecule has 0 spiro atoms. The number of hydrogen-bond acceptors (Lipinski definition) is 5. The minimum atomic E-state index is 0.624. The second-order valence-electron chi connectivity index (χ2n) is 4.28. The number of nitrogens with zero attached hydrogens (tertiary/aromatic N) is 2. The number of thioether (sulfide) groups is 1. The molecule has 1 aliphatic rings. The number of aryl methyl sites for hydroxylation is 1. The quantitative estimate of drug-likeness (QED) is 0.892. The summed E-state index contributed by atoms with van der Waals surface area (Å²) in [5.74, 6) is 5.59. The van der Waals surface area contributed by atoms with E-state index in [0.717, 1.165) is 24.1 Å².